The van der Waals surface area contributed by atoms with Crippen molar-refractivity contribution in [2.75, 3.05) is 6.54 Å². The zero-order valence-corrected chi connectivity index (χ0v) is 9.25. The van der Waals surface area contributed by atoms with Gasteiger partial charge in [-0.3, -0.25) is 0 Å². The minimum absolute atomic E-state index is 0.496. The quantitative estimate of drug-likeness (QED) is 0.766. The average Bonchev–Trinajstić information content (AvgIpc) is 2.65. The third-order valence-corrected chi connectivity index (χ3v) is 2.59. The van der Waals surface area contributed by atoms with Crippen molar-refractivity contribution in [1.29, 1.82) is 0 Å². The van der Waals surface area contributed by atoms with Gasteiger partial charge in [0.1, 0.15) is 6.61 Å². The number of fused-ring (bicyclic) bond motifs is 1. The van der Waals surface area contributed by atoms with Crippen LogP contribution in [0.1, 0.15) is 25.0 Å². The molecule has 1 heterocycles. The summed E-state index contributed by atoms with van der Waals surface area (Å²) < 4.78 is 0. The fourth-order valence-corrected chi connectivity index (χ4v) is 1.85. The summed E-state index contributed by atoms with van der Waals surface area (Å²) in [4.78, 5) is 9.97. The van der Waals surface area contributed by atoms with E-state index in [1.54, 1.807) is 0 Å². The molecule has 0 amide bonds. The van der Waals surface area contributed by atoms with Crippen molar-refractivity contribution in [2.45, 2.75) is 32.9 Å². The first kappa shape index (κ1) is 10.5. The lowest BCUT2D eigenvalue weighted by Gasteiger charge is -2.12. The molecule has 1 N–H and O–H groups in total. The summed E-state index contributed by atoms with van der Waals surface area (Å²) in [6.45, 7) is 5.88. The lowest BCUT2D eigenvalue weighted by Crippen LogP contribution is -2.27. The monoisotopic (exact) mass is 207 g/mol. The molecule has 15 heavy (non-hydrogen) atoms. The summed E-state index contributed by atoms with van der Waals surface area (Å²) in [6, 6.07) is 6.78. The van der Waals surface area contributed by atoms with E-state index in [2.05, 4.69) is 37.4 Å². The molecular weight excluding hydrogens is 190 g/mol. The van der Waals surface area contributed by atoms with Gasteiger partial charge in [-0.2, -0.15) is 4.89 Å². The molecule has 0 spiro atoms. The second-order valence-electron chi connectivity index (χ2n) is 3.95. The molecule has 3 heteroatoms. The van der Waals surface area contributed by atoms with E-state index in [9.17, 15) is 0 Å². The van der Waals surface area contributed by atoms with Gasteiger partial charge in [0.05, 0.1) is 0 Å². The maximum atomic E-state index is 5.06. The minimum atomic E-state index is 0.496. The van der Waals surface area contributed by atoms with Gasteiger partial charge < -0.3 is 10.2 Å². The van der Waals surface area contributed by atoms with E-state index in [0.717, 1.165) is 24.3 Å². The standard InChI is InChI=1S/C12H17NO2/c1-3-13-9(2)6-10-4-5-11-8-14-15-12(11)7-10/h4-5,7,9,13H,3,6,8H2,1-2H3. The molecule has 1 aliphatic heterocycles. The molecule has 1 aliphatic rings. The van der Waals surface area contributed by atoms with Crippen LogP contribution < -0.4 is 10.2 Å². The van der Waals surface area contributed by atoms with Gasteiger partial charge in [0.25, 0.3) is 0 Å². The number of nitrogens with one attached hydrogen (secondary N) is 1. The third kappa shape index (κ3) is 2.49. The van der Waals surface area contributed by atoms with Crippen molar-refractivity contribution in [3.63, 3.8) is 0 Å². The zero-order chi connectivity index (χ0) is 10.7. The van der Waals surface area contributed by atoms with Crippen LogP contribution in [0.4, 0.5) is 0 Å². The van der Waals surface area contributed by atoms with Crippen LogP contribution >= 0.6 is 0 Å². The van der Waals surface area contributed by atoms with E-state index in [1.165, 1.54) is 5.56 Å². The second-order valence-corrected chi connectivity index (χ2v) is 3.95. The number of benzene rings is 1. The highest BCUT2D eigenvalue weighted by molar-refractivity contribution is 5.38. The Labute approximate surface area is 90.3 Å². The van der Waals surface area contributed by atoms with Crippen molar-refractivity contribution >= 4 is 0 Å². The average molecular weight is 207 g/mol. The second kappa shape index (κ2) is 4.64. The molecule has 2 rings (SSSR count). The van der Waals surface area contributed by atoms with E-state index < -0.39 is 0 Å². The van der Waals surface area contributed by atoms with Crippen LogP contribution in [0.25, 0.3) is 0 Å². The topological polar surface area (TPSA) is 30.5 Å². The van der Waals surface area contributed by atoms with Crippen LogP contribution in [0, 0.1) is 0 Å². The van der Waals surface area contributed by atoms with E-state index in [-0.39, 0.29) is 0 Å². The molecule has 0 fully saturated rings. The van der Waals surface area contributed by atoms with Gasteiger partial charge in [0.2, 0.25) is 0 Å². The molecule has 1 atom stereocenters. The summed E-state index contributed by atoms with van der Waals surface area (Å²) in [7, 11) is 0. The van der Waals surface area contributed by atoms with Gasteiger partial charge in [-0.25, -0.2) is 0 Å². The van der Waals surface area contributed by atoms with Crippen LogP contribution in [0.5, 0.6) is 5.75 Å². The van der Waals surface area contributed by atoms with Crippen LogP contribution in [0.2, 0.25) is 0 Å². The molecule has 0 saturated carbocycles. The Balaban J connectivity index is 2.03. The Hall–Kier alpha value is -1.06. The van der Waals surface area contributed by atoms with Crippen LogP contribution in [0.3, 0.4) is 0 Å². The molecule has 0 saturated heterocycles. The number of rotatable bonds is 4. The molecule has 0 aliphatic carbocycles. The van der Waals surface area contributed by atoms with E-state index in [0.29, 0.717) is 12.6 Å². The van der Waals surface area contributed by atoms with Gasteiger partial charge in [0.15, 0.2) is 5.75 Å². The van der Waals surface area contributed by atoms with Gasteiger partial charge >= 0.3 is 0 Å². The largest absolute Gasteiger partial charge is 0.337 e. The van der Waals surface area contributed by atoms with Crippen molar-refractivity contribution < 1.29 is 9.78 Å². The van der Waals surface area contributed by atoms with E-state index >= 15 is 0 Å². The summed E-state index contributed by atoms with van der Waals surface area (Å²) >= 11 is 0. The summed E-state index contributed by atoms with van der Waals surface area (Å²) in [5.41, 5.74) is 2.42. The fourth-order valence-electron chi connectivity index (χ4n) is 1.85. The van der Waals surface area contributed by atoms with Crippen molar-refractivity contribution in [1.82, 2.24) is 5.32 Å². The zero-order valence-electron chi connectivity index (χ0n) is 9.25. The predicted molar refractivity (Wildman–Crippen MR) is 58.7 cm³/mol. The maximum absolute atomic E-state index is 5.06. The Bertz CT molecular complexity index is 338. The molecular formula is C12H17NO2. The highest BCUT2D eigenvalue weighted by atomic mass is 17.2. The third-order valence-electron chi connectivity index (χ3n) is 2.59. The van der Waals surface area contributed by atoms with Crippen LogP contribution in [0.15, 0.2) is 18.2 Å². The fraction of sp³-hybridized carbons (Fsp3) is 0.500. The van der Waals surface area contributed by atoms with Gasteiger partial charge in [0, 0.05) is 11.6 Å². The summed E-state index contributed by atoms with van der Waals surface area (Å²) in [6.07, 6.45) is 1.02. The first-order chi connectivity index (χ1) is 7.29. The molecule has 0 aromatic heterocycles. The Morgan fingerprint density at radius 2 is 2.33 bits per heavy atom. The van der Waals surface area contributed by atoms with Crippen LogP contribution in [-0.4, -0.2) is 12.6 Å². The normalized spacial score (nSPS) is 15.9. The van der Waals surface area contributed by atoms with Gasteiger partial charge in [-0.15, -0.1) is 0 Å². The molecule has 3 nitrogen and oxygen atoms in total. The SMILES string of the molecule is CCNC(C)Cc1ccc2c(c1)OOC2. The lowest BCUT2D eigenvalue weighted by molar-refractivity contribution is -0.194. The first-order valence-electron chi connectivity index (χ1n) is 5.44. The van der Waals surface area contributed by atoms with E-state index in [1.807, 2.05) is 0 Å². The summed E-state index contributed by atoms with van der Waals surface area (Å²) in [5, 5.41) is 3.39. The van der Waals surface area contributed by atoms with Crippen LogP contribution in [-0.2, 0) is 17.9 Å². The maximum Gasteiger partial charge on any atom is 0.171 e. The number of likely N-dealkylation sites (N-methyl/N-ethyl adjacent to an activating group) is 1. The lowest BCUT2D eigenvalue weighted by atomic mass is 10.0. The van der Waals surface area contributed by atoms with Gasteiger partial charge in [-0.05, 0) is 31.5 Å². The summed E-state index contributed by atoms with van der Waals surface area (Å²) in [5.74, 6) is 0.871. The van der Waals surface area contributed by atoms with E-state index in [4.69, 9.17) is 9.78 Å². The number of hydrogen-bond acceptors (Lipinski definition) is 3. The number of hydrogen-bond donors (Lipinski definition) is 1. The highest BCUT2D eigenvalue weighted by Gasteiger charge is 2.14. The Morgan fingerprint density at radius 1 is 1.47 bits per heavy atom. The predicted octanol–water partition coefficient (Wildman–Crippen LogP) is 2.05. The highest BCUT2D eigenvalue weighted by Crippen LogP contribution is 2.27. The molecule has 0 bridgehead atoms. The molecule has 82 valence electrons. The van der Waals surface area contributed by atoms with Crippen molar-refractivity contribution in [3.05, 3.63) is 29.3 Å². The van der Waals surface area contributed by atoms with Crippen molar-refractivity contribution in [2.24, 2.45) is 0 Å². The first-order valence-corrected chi connectivity index (χ1v) is 5.44. The molecule has 0 radical (unpaired) electrons. The van der Waals surface area contributed by atoms with Gasteiger partial charge in [-0.1, -0.05) is 19.1 Å². The molecule has 1 unspecified atom stereocenters. The smallest absolute Gasteiger partial charge is 0.171 e. The Morgan fingerprint density at radius 3 is 3.13 bits per heavy atom. The Kier molecular flexibility index (Phi) is 3.23. The minimum Gasteiger partial charge on any atom is -0.337 e. The van der Waals surface area contributed by atoms with Crippen molar-refractivity contribution in [3.8, 4) is 5.75 Å². The molecule has 1 aromatic rings. The molecule has 1 aromatic carbocycles.